The molecule has 1 aromatic carbocycles. The van der Waals surface area contributed by atoms with Crippen LogP contribution in [0.4, 0.5) is 8.78 Å². The average molecular weight is 232 g/mol. The van der Waals surface area contributed by atoms with Crippen LogP contribution in [0, 0.1) is 6.92 Å². The third-order valence-corrected chi connectivity index (χ3v) is 1.93. The van der Waals surface area contributed by atoms with E-state index in [0.717, 1.165) is 0 Å². The molecule has 16 heavy (non-hydrogen) atoms. The lowest BCUT2D eigenvalue weighted by Gasteiger charge is -2.07. The van der Waals surface area contributed by atoms with Crippen molar-refractivity contribution in [2.75, 3.05) is 7.11 Å². The maximum absolute atomic E-state index is 12.7. The summed E-state index contributed by atoms with van der Waals surface area (Å²) >= 11 is 0. The molecule has 0 saturated heterocycles. The van der Waals surface area contributed by atoms with Crippen LogP contribution in [0.1, 0.15) is 19.4 Å². The molecule has 0 aromatic heterocycles. The topological polar surface area (TPSA) is 27.7 Å². The van der Waals surface area contributed by atoms with Gasteiger partial charge in [0.05, 0.1) is 7.11 Å². The van der Waals surface area contributed by atoms with Gasteiger partial charge in [-0.25, -0.2) is 0 Å². The van der Waals surface area contributed by atoms with Crippen LogP contribution < -0.4 is 14.2 Å². The maximum atomic E-state index is 12.7. The molecule has 2 rings (SSSR count). The van der Waals surface area contributed by atoms with Gasteiger partial charge in [0.2, 0.25) is 5.75 Å². The third-order valence-electron chi connectivity index (χ3n) is 1.93. The summed E-state index contributed by atoms with van der Waals surface area (Å²) in [6.45, 7) is 5.74. The van der Waals surface area contributed by atoms with Gasteiger partial charge in [-0.2, -0.15) is 0 Å². The fourth-order valence-electron chi connectivity index (χ4n) is 1.34. The van der Waals surface area contributed by atoms with Gasteiger partial charge < -0.3 is 14.2 Å². The number of hydrogen-bond acceptors (Lipinski definition) is 3. The van der Waals surface area contributed by atoms with Crippen LogP contribution in [-0.4, -0.2) is 13.4 Å². The highest BCUT2D eigenvalue weighted by Gasteiger charge is 2.45. The number of alkyl halides is 2. The van der Waals surface area contributed by atoms with Crippen LogP contribution in [-0.2, 0) is 0 Å². The zero-order chi connectivity index (χ0) is 12.3. The molecule has 0 spiro atoms. The summed E-state index contributed by atoms with van der Waals surface area (Å²) in [4.78, 5) is 0. The van der Waals surface area contributed by atoms with Crippen molar-refractivity contribution in [2.24, 2.45) is 0 Å². The van der Waals surface area contributed by atoms with Crippen molar-refractivity contribution in [3.8, 4) is 17.2 Å². The molecule has 0 fully saturated rings. The van der Waals surface area contributed by atoms with Crippen LogP contribution in [0.3, 0.4) is 0 Å². The minimum Gasteiger partial charge on any atom is -0.492 e. The molecule has 0 amide bonds. The van der Waals surface area contributed by atoms with E-state index in [0.29, 0.717) is 5.56 Å². The minimum atomic E-state index is -3.59. The molecule has 0 unspecified atom stereocenters. The van der Waals surface area contributed by atoms with E-state index in [4.69, 9.17) is 4.74 Å². The lowest BCUT2D eigenvalue weighted by Crippen LogP contribution is -2.26. The summed E-state index contributed by atoms with van der Waals surface area (Å²) in [6, 6.07) is 3.05. The van der Waals surface area contributed by atoms with Crippen molar-refractivity contribution in [3.05, 3.63) is 17.7 Å². The van der Waals surface area contributed by atoms with Gasteiger partial charge in [-0.3, -0.25) is 0 Å². The molecule has 3 nitrogen and oxygen atoms in total. The molecule has 1 aliphatic heterocycles. The standard InChI is InChI=1S/C9H8F2O3.C2H6/c1-5-3-4-6-8(7(5)12-2)14-9(10,11)13-6;1-2/h3-4H,1-2H3;1-2H3. The molecule has 0 radical (unpaired) electrons. The summed E-state index contributed by atoms with van der Waals surface area (Å²) in [6.07, 6.45) is -3.59. The highest BCUT2D eigenvalue weighted by molar-refractivity contribution is 5.56. The number of hydrogen-bond donors (Lipinski definition) is 0. The monoisotopic (exact) mass is 232 g/mol. The number of aryl methyl sites for hydroxylation is 1. The largest absolute Gasteiger partial charge is 0.586 e. The lowest BCUT2D eigenvalue weighted by molar-refractivity contribution is -0.287. The van der Waals surface area contributed by atoms with E-state index in [2.05, 4.69) is 9.47 Å². The SMILES string of the molecule is CC.COc1c(C)ccc2c1OC(F)(F)O2. The van der Waals surface area contributed by atoms with Crippen LogP contribution in [0.5, 0.6) is 17.2 Å². The van der Waals surface area contributed by atoms with Gasteiger partial charge in [0.15, 0.2) is 11.5 Å². The first-order valence-electron chi connectivity index (χ1n) is 4.97. The second kappa shape index (κ2) is 4.55. The molecule has 0 N–H and O–H groups in total. The Morgan fingerprint density at radius 1 is 1.19 bits per heavy atom. The van der Waals surface area contributed by atoms with Gasteiger partial charge in [-0.15, -0.1) is 8.78 Å². The van der Waals surface area contributed by atoms with Crippen LogP contribution in [0.15, 0.2) is 12.1 Å². The van der Waals surface area contributed by atoms with Crippen LogP contribution >= 0.6 is 0 Å². The molecule has 1 aliphatic rings. The summed E-state index contributed by atoms with van der Waals surface area (Å²) in [5.74, 6) is 0.231. The molecule has 0 saturated carbocycles. The van der Waals surface area contributed by atoms with E-state index in [1.807, 2.05) is 13.8 Å². The van der Waals surface area contributed by atoms with Crippen LogP contribution in [0.25, 0.3) is 0 Å². The Hall–Kier alpha value is -1.52. The second-order valence-electron chi connectivity index (χ2n) is 2.91. The first-order valence-corrected chi connectivity index (χ1v) is 4.97. The fraction of sp³-hybridized carbons (Fsp3) is 0.455. The number of rotatable bonds is 1. The smallest absolute Gasteiger partial charge is 0.492 e. The summed E-state index contributed by atoms with van der Waals surface area (Å²) in [7, 11) is 1.39. The number of halogens is 2. The lowest BCUT2D eigenvalue weighted by atomic mass is 10.2. The minimum absolute atomic E-state index is 0.00236. The normalized spacial score (nSPS) is 15.1. The fourth-order valence-corrected chi connectivity index (χ4v) is 1.34. The summed E-state index contributed by atoms with van der Waals surface area (Å²) < 4.78 is 38.9. The van der Waals surface area contributed by atoms with E-state index in [-0.39, 0.29) is 17.2 Å². The molecule has 1 heterocycles. The van der Waals surface area contributed by atoms with Crippen molar-refractivity contribution >= 4 is 0 Å². The maximum Gasteiger partial charge on any atom is 0.586 e. The Morgan fingerprint density at radius 2 is 1.81 bits per heavy atom. The molecule has 1 aromatic rings. The quantitative estimate of drug-likeness (QED) is 0.743. The predicted octanol–water partition coefficient (Wildman–Crippen LogP) is 3.35. The van der Waals surface area contributed by atoms with Gasteiger partial charge in [0.1, 0.15) is 0 Å². The summed E-state index contributed by atoms with van der Waals surface area (Å²) in [5.41, 5.74) is 0.715. The van der Waals surface area contributed by atoms with Crippen molar-refractivity contribution in [1.29, 1.82) is 0 Å². The van der Waals surface area contributed by atoms with Gasteiger partial charge in [0, 0.05) is 0 Å². The highest BCUT2D eigenvalue weighted by atomic mass is 19.3. The molecule has 5 heteroatoms. The zero-order valence-electron chi connectivity index (χ0n) is 9.64. The Labute approximate surface area is 92.9 Å². The van der Waals surface area contributed by atoms with Crippen molar-refractivity contribution in [2.45, 2.75) is 27.1 Å². The zero-order valence-corrected chi connectivity index (χ0v) is 9.64. The van der Waals surface area contributed by atoms with Crippen LogP contribution in [0.2, 0.25) is 0 Å². The molecule has 0 aliphatic carbocycles. The molecule has 0 atom stereocenters. The van der Waals surface area contributed by atoms with Gasteiger partial charge >= 0.3 is 6.29 Å². The van der Waals surface area contributed by atoms with E-state index >= 15 is 0 Å². The Kier molecular flexibility index (Phi) is 3.57. The van der Waals surface area contributed by atoms with E-state index in [1.165, 1.54) is 13.2 Å². The van der Waals surface area contributed by atoms with Crippen molar-refractivity contribution < 1.29 is 23.0 Å². The Morgan fingerprint density at radius 3 is 2.38 bits per heavy atom. The number of fused-ring (bicyclic) bond motifs is 1. The predicted molar refractivity (Wildman–Crippen MR) is 55.3 cm³/mol. The van der Waals surface area contributed by atoms with Crippen molar-refractivity contribution in [3.63, 3.8) is 0 Å². The average Bonchev–Trinajstić information content (AvgIpc) is 2.55. The molecule has 90 valence electrons. The first-order chi connectivity index (χ1) is 7.53. The number of ether oxygens (including phenoxy) is 3. The van der Waals surface area contributed by atoms with Gasteiger partial charge in [0.25, 0.3) is 0 Å². The molecular formula is C11H14F2O3. The Bertz CT molecular complexity index is 378. The third kappa shape index (κ3) is 2.18. The first kappa shape index (κ1) is 12.5. The second-order valence-corrected chi connectivity index (χ2v) is 2.91. The highest BCUT2D eigenvalue weighted by Crippen LogP contribution is 2.48. The molecule has 0 bridgehead atoms. The summed E-state index contributed by atoms with van der Waals surface area (Å²) in [5, 5.41) is 0. The number of methoxy groups -OCH3 is 1. The van der Waals surface area contributed by atoms with E-state index < -0.39 is 6.29 Å². The van der Waals surface area contributed by atoms with E-state index in [9.17, 15) is 8.78 Å². The van der Waals surface area contributed by atoms with Gasteiger partial charge in [-0.1, -0.05) is 19.9 Å². The number of benzene rings is 1. The molecular weight excluding hydrogens is 218 g/mol. The van der Waals surface area contributed by atoms with Gasteiger partial charge in [-0.05, 0) is 18.6 Å². The van der Waals surface area contributed by atoms with Crippen molar-refractivity contribution in [1.82, 2.24) is 0 Å². The Balaban J connectivity index is 0.000000606. The van der Waals surface area contributed by atoms with E-state index in [1.54, 1.807) is 13.0 Å².